The molecule has 1 aliphatic rings. The molecule has 0 atom stereocenters. The SMILES string of the molecule is N=C(N)NCC1CCN(c2nccc(-c3ccc4ccccc4c3)n2)CC1. The van der Waals surface area contributed by atoms with Gasteiger partial charge < -0.3 is 16.0 Å². The molecule has 1 fully saturated rings. The minimum Gasteiger partial charge on any atom is -0.370 e. The van der Waals surface area contributed by atoms with E-state index in [0.29, 0.717) is 5.92 Å². The lowest BCUT2D eigenvalue weighted by atomic mass is 9.97. The van der Waals surface area contributed by atoms with Gasteiger partial charge in [0.25, 0.3) is 0 Å². The first kappa shape index (κ1) is 17.3. The standard InChI is InChI=1S/C21H24N6/c22-20(23)25-14-15-8-11-27(12-9-15)21-24-10-7-19(26-21)18-6-5-16-3-1-2-4-17(16)13-18/h1-7,10,13,15H,8-9,11-12,14H2,(H4,22,23,25). The van der Waals surface area contributed by atoms with E-state index in [-0.39, 0.29) is 5.96 Å². The summed E-state index contributed by atoms with van der Waals surface area (Å²) in [6.07, 6.45) is 3.93. The van der Waals surface area contributed by atoms with E-state index in [1.165, 1.54) is 10.8 Å². The number of hydrogen-bond acceptors (Lipinski definition) is 4. The number of benzene rings is 2. The van der Waals surface area contributed by atoms with Crippen molar-refractivity contribution in [1.29, 1.82) is 5.41 Å². The first-order valence-electron chi connectivity index (χ1n) is 9.34. The molecule has 138 valence electrons. The van der Waals surface area contributed by atoms with E-state index >= 15 is 0 Å². The molecule has 0 spiro atoms. The van der Waals surface area contributed by atoms with Crippen LogP contribution in [0.2, 0.25) is 0 Å². The zero-order valence-electron chi connectivity index (χ0n) is 15.2. The normalized spacial score (nSPS) is 15.0. The molecule has 1 aliphatic heterocycles. The molecule has 2 aromatic carbocycles. The maximum atomic E-state index is 7.28. The Morgan fingerprint density at radius 2 is 1.89 bits per heavy atom. The number of piperidine rings is 1. The molecule has 1 aromatic heterocycles. The average molecular weight is 360 g/mol. The third-order valence-corrected chi connectivity index (χ3v) is 5.17. The highest BCUT2D eigenvalue weighted by Crippen LogP contribution is 2.25. The Hall–Kier alpha value is -3.15. The Morgan fingerprint density at radius 1 is 1.11 bits per heavy atom. The molecule has 1 saturated heterocycles. The van der Waals surface area contributed by atoms with Crippen molar-refractivity contribution in [3.05, 3.63) is 54.7 Å². The van der Waals surface area contributed by atoms with Gasteiger partial charge in [-0.1, -0.05) is 36.4 Å². The number of fused-ring (bicyclic) bond motifs is 1. The van der Waals surface area contributed by atoms with Crippen molar-refractivity contribution in [2.75, 3.05) is 24.5 Å². The van der Waals surface area contributed by atoms with Gasteiger partial charge >= 0.3 is 0 Å². The number of anilines is 1. The molecule has 27 heavy (non-hydrogen) atoms. The molecule has 0 saturated carbocycles. The lowest BCUT2D eigenvalue weighted by molar-refractivity contribution is 0.399. The van der Waals surface area contributed by atoms with Crippen molar-refractivity contribution < 1.29 is 0 Å². The second kappa shape index (κ2) is 7.61. The maximum Gasteiger partial charge on any atom is 0.225 e. The van der Waals surface area contributed by atoms with Crippen molar-refractivity contribution in [3.63, 3.8) is 0 Å². The van der Waals surface area contributed by atoms with E-state index in [9.17, 15) is 0 Å². The first-order valence-corrected chi connectivity index (χ1v) is 9.34. The van der Waals surface area contributed by atoms with E-state index in [4.69, 9.17) is 16.1 Å². The number of aromatic nitrogens is 2. The topological polar surface area (TPSA) is 90.9 Å². The van der Waals surface area contributed by atoms with Crippen LogP contribution in [-0.4, -0.2) is 35.6 Å². The fraction of sp³-hybridized carbons (Fsp3) is 0.286. The quantitative estimate of drug-likeness (QED) is 0.491. The van der Waals surface area contributed by atoms with E-state index < -0.39 is 0 Å². The Bertz CT molecular complexity index is 946. The Morgan fingerprint density at radius 3 is 2.67 bits per heavy atom. The van der Waals surface area contributed by atoms with Gasteiger partial charge in [0.1, 0.15) is 0 Å². The van der Waals surface area contributed by atoms with Gasteiger partial charge in [0.2, 0.25) is 5.95 Å². The average Bonchev–Trinajstić information content (AvgIpc) is 2.72. The summed E-state index contributed by atoms with van der Waals surface area (Å²) in [5.41, 5.74) is 7.44. The Kier molecular flexibility index (Phi) is 4.87. The first-order chi connectivity index (χ1) is 13.2. The highest BCUT2D eigenvalue weighted by Gasteiger charge is 2.21. The highest BCUT2D eigenvalue weighted by molar-refractivity contribution is 5.86. The van der Waals surface area contributed by atoms with Crippen LogP contribution >= 0.6 is 0 Å². The number of rotatable bonds is 4. The van der Waals surface area contributed by atoms with Gasteiger partial charge in [0, 0.05) is 31.4 Å². The summed E-state index contributed by atoms with van der Waals surface area (Å²) in [5.74, 6) is 1.37. The van der Waals surface area contributed by atoms with Crippen LogP contribution in [0.1, 0.15) is 12.8 Å². The molecule has 0 aliphatic carbocycles. The van der Waals surface area contributed by atoms with Crippen LogP contribution in [0, 0.1) is 11.3 Å². The van der Waals surface area contributed by atoms with E-state index in [1.807, 2.05) is 12.3 Å². The van der Waals surface area contributed by atoms with E-state index in [1.54, 1.807) is 0 Å². The van der Waals surface area contributed by atoms with Gasteiger partial charge in [0.05, 0.1) is 5.69 Å². The molecule has 6 nitrogen and oxygen atoms in total. The number of guanidine groups is 1. The summed E-state index contributed by atoms with van der Waals surface area (Å²) in [5, 5.41) is 12.7. The zero-order valence-corrected chi connectivity index (χ0v) is 15.2. The van der Waals surface area contributed by atoms with Gasteiger partial charge in [-0.2, -0.15) is 0 Å². The Balaban J connectivity index is 1.48. The molecule has 2 heterocycles. The van der Waals surface area contributed by atoms with Gasteiger partial charge in [-0.25, -0.2) is 9.97 Å². The lowest BCUT2D eigenvalue weighted by Gasteiger charge is -2.32. The third kappa shape index (κ3) is 4.00. The van der Waals surface area contributed by atoms with Gasteiger partial charge in [-0.3, -0.25) is 5.41 Å². The fourth-order valence-corrected chi connectivity index (χ4v) is 3.60. The molecule has 0 radical (unpaired) electrons. The molecule has 4 rings (SSSR count). The monoisotopic (exact) mass is 360 g/mol. The number of nitrogens with two attached hydrogens (primary N) is 1. The number of nitrogens with zero attached hydrogens (tertiary/aromatic N) is 3. The third-order valence-electron chi connectivity index (χ3n) is 5.17. The molecule has 4 N–H and O–H groups in total. The molecule has 0 bridgehead atoms. The largest absolute Gasteiger partial charge is 0.370 e. The van der Waals surface area contributed by atoms with E-state index in [0.717, 1.165) is 49.7 Å². The van der Waals surface area contributed by atoms with Crippen molar-refractivity contribution in [2.24, 2.45) is 11.7 Å². The van der Waals surface area contributed by atoms with Crippen molar-refractivity contribution >= 4 is 22.7 Å². The number of hydrogen-bond donors (Lipinski definition) is 3. The summed E-state index contributed by atoms with van der Waals surface area (Å²) in [4.78, 5) is 11.6. The summed E-state index contributed by atoms with van der Waals surface area (Å²) in [7, 11) is 0. The maximum absolute atomic E-state index is 7.28. The predicted molar refractivity (Wildman–Crippen MR) is 110 cm³/mol. The summed E-state index contributed by atoms with van der Waals surface area (Å²) in [6.45, 7) is 2.61. The van der Waals surface area contributed by atoms with Crippen LogP contribution in [0.25, 0.3) is 22.0 Å². The van der Waals surface area contributed by atoms with Crippen molar-refractivity contribution in [3.8, 4) is 11.3 Å². The molecule has 0 unspecified atom stereocenters. The van der Waals surface area contributed by atoms with Crippen LogP contribution in [0.4, 0.5) is 5.95 Å². The Labute approximate surface area is 158 Å². The van der Waals surface area contributed by atoms with Crippen molar-refractivity contribution in [2.45, 2.75) is 12.8 Å². The highest BCUT2D eigenvalue weighted by atomic mass is 15.3. The summed E-state index contributed by atoms with van der Waals surface area (Å²) >= 11 is 0. The second-order valence-electron chi connectivity index (χ2n) is 7.03. The van der Waals surface area contributed by atoms with Crippen LogP contribution in [0.3, 0.4) is 0 Å². The second-order valence-corrected chi connectivity index (χ2v) is 7.03. The summed E-state index contributed by atoms with van der Waals surface area (Å²) < 4.78 is 0. The van der Waals surface area contributed by atoms with Crippen LogP contribution in [-0.2, 0) is 0 Å². The van der Waals surface area contributed by atoms with Crippen LogP contribution in [0.15, 0.2) is 54.7 Å². The minimum atomic E-state index is 0.0452. The summed E-state index contributed by atoms with van der Waals surface area (Å²) in [6, 6.07) is 16.8. The van der Waals surface area contributed by atoms with Crippen molar-refractivity contribution in [1.82, 2.24) is 15.3 Å². The lowest BCUT2D eigenvalue weighted by Crippen LogP contribution is -2.40. The minimum absolute atomic E-state index is 0.0452. The molecule has 3 aromatic rings. The van der Waals surface area contributed by atoms with Gasteiger partial charge in [-0.05, 0) is 41.7 Å². The molecule has 0 amide bonds. The zero-order chi connectivity index (χ0) is 18.6. The predicted octanol–water partition coefficient (Wildman–Crippen LogP) is 3.00. The van der Waals surface area contributed by atoms with Crippen LogP contribution < -0.4 is 16.0 Å². The van der Waals surface area contributed by atoms with Crippen LogP contribution in [0.5, 0.6) is 0 Å². The molecular formula is C21H24N6. The molecule has 6 heteroatoms. The van der Waals surface area contributed by atoms with E-state index in [2.05, 4.69) is 57.7 Å². The van der Waals surface area contributed by atoms with Gasteiger partial charge in [0.15, 0.2) is 5.96 Å². The number of nitrogens with one attached hydrogen (secondary N) is 2. The molecular weight excluding hydrogens is 336 g/mol. The smallest absolute Gasteiger partial charge is 0.225 e. The van der Waals surface area contributed by atoms with Gasteiger partial charge in [-0.15, -0.1) is 0 Å². The fourth-order valence-electron chi connectivity index (χ4n) is 3.60.